The summed E-state index contributed by atoms with van der Waals surface area (Å²) >= 11 is 0. The summed E-state index contributed by atoms with van der Waals surface area (Å²) in [6.45, 7) is 12.4. The molecule has 70 valence electrons. The van der Waals surface area contributed by atoms with Crippen molar-refractivity contribution in [3.63, 3.8) is 0 Å². The lowest BCUT2D eigenvalue weighted by Crippen LogP contribution is -2.43. The molecular formula is C9H24N2. The Kier molecular flexibility index (Phi) is 15.4. The van der Waals surface area contributed by atoms with Crippen LogP contribution in [-0.2, 0) is 0 Å². The molecule has 1 aliphatic rings. The van der Waals surface area contributed by atoms with Gasteiger partial charge in [-0.25, -0.2) is 0 Å². The van der Waals surface area contributed by atoms with Crippen LogP contribution in [0.2, 0.25) is 0 Å². The Hall–Kier alpha value is -0.0800. The van der Waals surface area contributed by atoms with Gasteiger partial charge in [-0.1, -0.05) is 27.7 Å². The van der Waals surface area contributed by atoms with E-state index in [9.17, 15) is 0 Å². The molecule has 1 fully saturated rings. The quantitative estimate of drug-likeness (QED) is 0.566. The van der Waals surface area contributed by atoms with Crippen LogP contribution in [0.1, 0.15) is 41.0 Å². The van der Waals surface area contributed by atoms with E-state index in [2.05, 4.69) is 17.6 Å². The van der Waals surface area contributed by atoms with Crippen LogP contribution in [0.5, 0.6) is 0 Å². The van der Waals surface area contributed by atoms with Crippen LogP contribution in [0.4, 0.5) is 0 Å². The third-order valence-corrected chi connectivity index (χ3v) is 1.33. The number of rotatable bonds is 0. The molecule has 2 N–H and O–H groups in total. The molecule has 0 bridgehead atoms. The molecule has 0 amide bonds. The lowest BCUT2D eigenvalue weighted by Gasteiger charge is -2.19. The molecule has 1 saturated heterocycles. The first-order valence-corrected chi connectivity index (χ1v) is 4.83. The van der Waals surface area contributed by atoms with Gasteiger partial charge in [-0.3, -0.25) is 0 Å². The third kappa shape index (κ3) is 9.92. The van der Waals surface area contributed by atoms with Crippen LogP contribution < -0.4 is 10.6 Å². The molecule has 1 rings (SSSR count). The molecule has 0 aromatic heterocycles. The molecule has 1 atom stereocenters. The minimum Gasteiger partial charge on any atom is -0.304 e. The Morgan fingerprint density at radius 2 is 1.64 bits per heavy atom. The fourth-order valence-corrected chi connectivity index (χ4v) is 0.755. The highest BCUT2D eigenvalue weighted by Crippen LogP contribution is 1.89. The first-order chi connectivity index (χ1) is 5.39. The molecule has 1 unspecified atom stereocenters. The van der Waals surface area contributed by atoms with Gasteiger partial charge in [0.1, 0.15) is 0 Å². The van der Waals surface area contributed by atoms with Crippen molar-refractivity contribution >= 4 is 0 Å². The monoisotopic (exact) mass is 160 g/mol. The van der Waals surface area contributed by atoms with Gasteiger partial charge in [0, 0.05) is 12.7 Å². The van der Waals surface area contributed by atoms with Crippen LogP contribution in [0.15, 0.2) is 0 Å². The van der Waals surface area contributed by atoms with E-state index >= 15 is 0 Å². The molecule has 0 radical (unpaired) electrons. The van der Waals surface area contributed by atoms with E-state index in [1.165, 1.54) is 13.0 Å². The molecule has 0 aromatic carbocycles. The minimum atomic E-state index is 0.723. The van der Waals surface area contributed by atoms with Crippen LogP contribution in [-0.4, -0.2) is 19.3 Å². The second-order valence-corrected chi connectivity index (χ2v) is 2.07. The summed E-state index contributed by atoms with van der Waals surface area (Å²) in [6.07, 6.45) is 1.26. The molecule has 0 aromatic rings. The van der Waals surface area contributed by atoms with Crippen LogP contribution in [0.25, 0.3) is 0 Å². The zero-order chi connectivity index (χ0) is 9.11. The maximum atomic E-state index is 3.27. The van der Waals surface area contributed by atoms with Crippen molar-refractivity contribution in [3.8, 4) is 0 Å². The predicted molar refractivity (Wildman–Crippen MR) is 52.8 cm³/mol. The summed E-state index contributed by atoms with van der Waals surface area (Å²) in [5.74, 6) is 0. The van der Waals surface area contributed by atoms with Gasteiger partial charge in [-0.15, -0.1) is 0 Å². The van der Waals surface area contributed by atoms with Crippen molar-refractivity contribution < 1.29 is 0 Å². The van der Waals surface area contributed by atoms with Crippen molar-refractivity contribution in [1.29, 1.82) is 0 Å². The molecule has 11 heavy (non-hydrogen) atoms. The third-order valence-electron chi connectivity index (χ3n) is 1.33. The second-order valence-electron chi connectivity index (χ2n) is 2.07. The van der Waals surface area contributed by atoms with Crippen molar-refractivity contribution in [2.75, 3.05) is 13.2 Å². The number of hydrogen-bond donors (Lipinski definition) is 2. The van der Waals surface area contributed by atoms with Crippen molar-refractivity contribution in [2.24, 2.45) is 0 Å². The molecular weight excluding hydrogens is 136 g/mol. The second kappa shape index (κ2) is 12.6. The highest BCUT2D eigenvalue weighted by Gasteiger charge is 2.03. The highest BCUT2D eigenvalue weighted by atomic mass is 15.1. The largest absolute Gasteiger partial charge is 0.304 e. The minimum absolute atomic E-state index is 0.723. The first-order valence-electron chi connectivity index (χ1n) is 4.83. The van der Waals surface area contributed by atoms with E-state index in [1.807, 2.05) is 27.7 Å². The molecule has 1 aliphatic heterocycles. The fraction of sp³-hybridized carbons (Fsp3) is 1.00. The van der Waals surface area contributed by atoms with Gasteiger partial charge in [-0.2, -0.15) is 0 Å². The smallest absolute Gasteiger partial charge is 0.0456 e. The Labute approximate surface area is 71.8 Å². The van der Waals surface area contributed by atoms with Crippen molar-refractivity contribution in [1.82, 2.24) is 10.6 Å². The van der Waals surface area contributed by atoms with E-state index in [1.54, 1.807) is 0 Å². The van der Waals surface area contributed by atoms with Crippen molar-refractivity contribution in [2.45, 2.75) is 47.1 Å². The van der Waals surface area contributed by atoms with Crippen LogP contribution in [0.3, 0.4) is 0 Å². The molecule has 0 saturated carbocycles. The number of hydrogen-bond acceptors (Lipinski definition) is 2. The standard InChI is InChI=1S/C5H12N2.2C2H6/c1-5-2-3-6-4-7-5;2*1-2/h5-7H,2-4H2,1H3;2*1-2H3. The van der Waals surface area contributed by atoms with E-state index in [-0.39, 0.29) is 0 Å². The zero-order valence-electron chi connectivity index (χ0n) is 8.70. The van der Waals surface area contributed by atoms with Gasteiger partial charge >= 0.3 is 0 Å². The molecule has 1 heterocycles. The van der Waals surface area contributed by atoms with E-state index in [0.29, 0.717) is 0 Å². The fourth-order valence-electron chi connectivity index (χ4n) is 0.755. The molecule has 2 nitrogen and oxygen atoms in total. The Morgan fingerprint density at radius 1 is 1.09 bits per heavy atom. The number of nitrogens with one attached hydrogen (secondary N) is 2. The maximum Gasteiger partial charge on any atom is 0.0456 e. The normalized spacial score (nSPS) is 22.1. The van der Waals surface area contributed by atoms with Crippen molar-refractivity contribution in [3.05, 3.63) is 0 Å². The van der Waals surface area contributed by atoms with Crippen LogP contribution in [0, 0.1) is 0 Å². The van der Waals surface area contributed by atoms with Gasteiger partial charge in [0.15, 0.2) is 0 Å². The maximum absolute atomic E-state index is 3.27. The average Bonchev–Trinajstić information content (AvgIpc) is 2.13. The van der Waals surface area contributed by atoms with Gasteiger partial charge in [0.25, 0.3) is 0 Å². The van der Waals surface area contributed by atoms with E-state index < -0.39 is 0 Å². The Bertz CT molecular complexity index is 49.5. The Morgan fingerprint density at radius 3 is 1.82 bits per heavy atom. The van der Waals surface area contributed by atoms with Gasteiger partial charge in [-0.05, 0) is 19.9 Å². The highest BCUT2D eigenvalue weighted by molar-refractivity contribution is 4.65. The summed E-state index contributed by atoms with van der Waals surface area (Å²) in [7, 11) is 0. The van der Waals surface area contributed by atoms with Gasteiger partial charge in [0.05, 0.1) is 0 Å². The molecule has 2 heteroatoms. The summed E-state index contributed by atoms with van der Waals surface area (Å²) < 4.78 is 0. The summed E-state index contributed by atoms with van der Waals surface area (Å²) in [5, 5.41) is 6.47. The topological polar surface area (TPSA) is 24.1 Å². The predicted octanol–water partition coefficient (Wildman–Crippen LogP) is 1.97. The van der Waals surface area contributed by atoms with E-state index in [0.717, 1.165) is 12.7 Å². The zero-order valence-corrected chi connectivity index (χ0v) is 8.70. The SMILES string of the molecule is CC.CC.CC1CCNCN1. The molecule has 0 spiro atoms. The molecule has 0 aliphatic carbocycles. The summed E-state index contributed by atoms with van der Waals surface area (Å²) in [6, 6.07) is 0.723. The van der Waals surface area contributed by atoms with Crippen LogP contribution >= 0.6 is 0 Å². The van der Waals surface area contributed by atoms with Gasteiger partial charge < -0.3 is 10.6 Å². The average molecular weight is 160 g/mol. The Balaban J connectivity index is 0. The lowest BCUT2D eigenvalue weighted by molar-refractivity contribution is 0.410. The van der Waals surface area contributed by atoms with Gasteiger partial charge in [0.2, 0.25) is 0 Å². The lowest BCUT2D eigenvalue weighted by atomic mass is 10.2. The first kappa shape index (κ1) is 13.5. The summed E-state index contributed by atoms with van der Waals surface area (Å²) in [5.41, 5.74) is 0. The summed E-state index contributed by atoms with van der Waals surface area (Å²) in [4.78, 5) is 0. The van der Waals surface area contributed by atoms with E-state index in [4.69, 9.17) is 0 Å².